The summed E-state index contributed by atoms with van der Waals surface area (Å²) in [5.74, 6) is -0.564. The van der Waals surface area contributed by atoms with Gasteiger partial charge < -0.3 is 10.6 Å². The Morgan fingerprint density at radius 3 is 1.47 bits per heavy atom. The van der Waals surface area contributed by atoms with Gasteiger partial charge in [0, 0.05) is 56.2 Å². The number of anilines is 2. The minimum Gasteiger partial charge on any atom is -0.326 e. The molecule has 0 heterocycles. The number of nitrogens with one attached hydrogen (secondary N) is 2. The van der Waals surface area contributed by atoms with Crippen molar-refractivity contribution < 1.29 is 19.4 Å². The van der Waals surface area contributed by atoms with Crippen LogP contribution in [-0.2, 0) is 9.59 Å². The van der Waals surface area contributed by atoms with Gasteiger partial charge in [-0.25, -0.2) is 0 Å². The van der Waals surface area contributed by atoms with Crippen LogP contribution in [0.25, 0.3) is 0 Å². The molecule has 4 aromatic rings. The maximum atomic E-state index is 12.5. The number of rotatable bonds is 12. The van der Waals surface area contributed by atoms with Crippen LogP contribution in [0.3, 0.4) is 0 Å². The van der Waals surface area contributed by atoms with E-state index in [0.717, 1.165) is 0 Å². The number of hydrogen-bond donors (Lipinski definition) is 2. The number of carbonyl (C=O) groups is 2. The second kappa shape index (κ2) is 14.9. The summed E-state index contributed by atoms with van der Waals surface area (Å²) < 4.78 is 0. The van der Waals surface area contributed by atoms with Crippen LogP contribution < -0.4 is 10.6 Å². The molecule has 0 saturated carbocycles. The van der Waals surface area contributed by atoms with Crippen LogP contribution in [-0.4, -0.2) is 21.7 Å². The summed E-state index contributed by atoms with van der Waals surface area (Å²) in [7, 11) is 0. The Kier molecular flexibility index (Phi) is 11.0. The van der Waals surface area contributed by atoms with E-state index < -0.39 is 9.85 Å². The normalized spacial score (nSPS) is 10.7. The van der Waals surface area contributed by atoms with Gasteiger partial charge in [0.15, 0.2) is 0 Å². The van der Waals surface area contributed by atoms with E-state index in [0.29, 0.717) is 37.4 Å². The third kappa shape index (κ3) is 9.45. The minimum absolute atomic E-state index is 0.101. The fraction of sp³-hybridized carbons (Fsp3) is 0.103. The molecule has 0 aromatic heterocycles. The molecule has 2 N–H and O–H groups in total. The fourth-order valence-electron chi connectivity index (χ4n) is 3.82. The second-order valence-corrected chi connectivity index (χ2v) is 12.1. The molecule has 10 nitrogen and oxygen atoms in total. The molecular formula is C29H22Cl2N4O6S2. The summed E-state index contributed by atoms with van der Waals surface area (Å²) in [4.78, 5) is 49.0. The van der Waals surface area contributed by atoms with E-state index in [1.807, 2.05) is 0 Å². The van der Waals surface area contributed by atoms with Crippen LogP contribution in [0.4, 0.5) is 22.7 Å². The highest BCUT2D eigenvalue weighted by atomic mass is 35.5. The van der Waals surface area contributed by atoms with Crippen LogP contribution in [0, 0.1) is 20.2 Å². The molecule has 220 valence electrons. The molecule has 0 spiro atoms. The van der Waals surface area contributed by atoms with Crippen LogP contribution in [0.2, 0.25) is 10.0 Å². The third-order valence-corrected chi connectivity index (χ3v) is 8.31. The van der Waals surface area contributed by atoms with Crippen molar-refractivity contribution in [3.8, 4) is 0 Å². The Labute approximate surface area is 264 Å². The topological polar surface area (TPSA) is 144 Å². The number of nitro benzene ring substituents is 2. The van der Waals surface area contributed by atoms with E-state index in [1.54, 1.807) is 72.8 Å². The van der Waals surface area contributed by atoms with E-state index in [9.17, 15) is 29.8 Å². The van der Waals surface area contributed by atoms with Crippen molar-refractivity contribution in [1.82, 2.24) is 0 Å². The number of benzene rings is 4. The molecule has 0 saturated heterocycles. The molecule has 4 aromatic carbocycles. The van der Waals surface area contributed by atoms with Crippen LogP contribution in [0.1, 0.15) is 19.3 Å². The summed E-state index contributed by atoms with van der Waals surface area (Å²) in [6.45, 7) is 0. The SMILES string of the molecule is O=C(CCCC(=O)Nc1cccc(Sc2ccc(Cl)cc2[N+](=O)[O-])c1)Nc1cccc(Sc2ccc(Cl)cc2[N+](=O)[O-])c1. The van der Waals surface area contributed by atoms with Gasteiger partial charge in [0.2, 0.25) is 11.8 Å². The predicted octanol–water partition coefficient (Wildman–Crippen LogP) is 8.86. The van der Waals surface area contributed by atoms with Crippen LogP contribution in [0.5, 0.6) is 0 Å². The molecule has 14 heteroatoms. The van der Waals surface area contributed by atoms with E-state index in [4.69, 9.17) is 23.2 Å². The monoisotopic (exact) mass is 656 g/mol. The van der Waals surface area contributed by atoms with Gasteiger partial charge in [-0.3, -0.25) is 29.8 Å². The Morgan fingerprint density at radius 2 is 1.07 bits per heavy atom. The maximum absolute atomic E-state index is 12.5. The molecule has 0 aliphatic carbocycles. The fourth-order valence-corrected chi connectivity index (χ4v) is 6.08. The summed E-state index contributed by atoms with van der Waals surface area (Å²) in [5.41, 5.74) is 0.820. The number of hydrogen-bond acceptors (Lipinski definition) is 8. The lowest BCUT2D eigenvalue weighted by molar-refractivity contribution is -0.387. The van der Waals surface area contributed by atoms with Crippen molar-refractivity contribution in [1.29, 1.82) is 0 Å². The number of halogens is 2. The number of nitrogens with zero attached hydrogens (tertiary/aromatic N) is 2. The van der Waals surface area contributed by atoms with Crippen LogP contribution >= 0.6 is 46.7 Å². The Balaban J connectivity index is 1.27. The summed E-state index contributed by atoms with van der Waals surface area (Å²) in [6, 6.07) is 22.7. The van der Waals surface area contributed by atoms with Gasteiger partial charge in [0.05, 0.1) is 19.6 Å². The molecule has 0 bridgehead atoms. The highest BCUT2D eigenvalue weighted by Gasteiger charge is 2.17. The average molecular weight is 658 g/mol. The first-order valence-electron chi connectivity index (χ1n) is 12.6. The Morgan fingerprint density at radius 1 is 0.651 bits per heavy atom. The smallest absolute Gasteiger partial charge is 0.284 e. The van der Waals surface area contributed by atoms with Crippen molar-refractivity contribution in [3.05, 3.63) is 115 Å². The Hall–Kier alpha value is -4.10. The van der Waals surface area contributed by atoms with E-state index in [1.165, 1.54) is 35.7 Å². The van der Waals surface area contributed by atoms with Crippen molar-refractivity contribution in [2.45, 2.75) is 38.8 Å². The number of carbonyl (C=O) groups excluding carboxylic acids is 2. The van der Waals surface area contributed by atoms with Crippen molar-refractivity contribution in [2.75, 3.05) is 10.6 Å². The van der Waals surface area contributed by atoms with Gasteiger partial charge in [-0.05, 0) is 67.1 Å². The molecule has 0 unspecified atom stereocenters. The molecule has 0 aliphatic rings. The van der Waals surface area contributed by atoms with E-state index >= 15 is 0 Å². The molecule has 0 fully saturated rings. The first kappa shape index (κ1) is 31.8. The third-order valence-electron chi connectivity index (χ3n) is 5.73. The predicted molar refractivity (Wildman–Crippen MR) is 168 cm³/mol. The van der Waals surface area contributed by atoms with Crippen molar-refractivity contribution in [2.24, 2.45) is 0 Å². The van der Waals surface area contributed by atoms with Gasteiger partial charge in [0.25, 0.3) is 11.4 Å². The van der Waals surface area contributed by atoms with Gasteiger partial charge in [0.1, 0.15) is 0 Å². The molecule has 2 amide bonds. The summed E-state index contributed by atoms with van der Waals surface area (Å²) >= 11 is 14.1. The molecule has 0 aliphatic heterocycles. The number of amides is 2. The van der Waals surface area contributed by atoms with Gasteiger partial charge in [-0.2, -0.15) is 0 Å². The largest absolute Gasteiger partial charge is 0.326 e. The highest BCUT2D eigenvalue weighted by molar-refractivity contribution is 7.99. The summed E-state index contributed by atoms with van der Waals surface area (Å²) in [5, 5.41) is 28.8. The first-order chi connectivity index (χ1) is 20.6. The zero-order chi connectivity index (χ0) is 30.9. The highest BCUT2D eigenvalue weighted by Crippen LogP contribution is 2.38. The van der Waals surface area contributed by atoms with Gasteiger partial charge in [-0.15, -0.1) is 0 Å². The lowest BCUT2D eigenvalue weighted by atomic mass is 10.2. The van der Waals surface area contributed by atoms with Gasteiger partial charge >= 0.3 is 0 Å². The maximum Gasteiger partial charge on any atom is 0.284 e. The standard InChI is InChI=1S/C29H22Cl2N4O6S2/c30-18-10-12-26(24(14-18)34(38)39)42-22-6-1-4-20(16-22)32-28(36)8-3-9-29(37)33-21-5-2-7-23(17-21)43-27-13-11-19(31)15-25(27)35(40)41/h1-2,4-7,10-17H,3,8-9H2,(H,32,36)(H,33,37). The Bertz CT molecular complexity index is 1580. The van der Waals surface area contributed by atoms with E-state index in [2.05, 4.69) is 10.6 Å². The second-order valence-electron chi connectivity index (χ2n) is 8.95. The van der Waals surface area contributed by atoms with Crippen molar-refractivity contribution in [3.63, 3.8) is 0 Å². The molecule has 43 heavy (non-hydrogen) atoms. The first-order valence-corrected chi connectivity index (χ1v) is 15.0. The minimum atomic E-state index is -0.499. The molecular weight excluding hydrogens is 635 g/mol. The molecule has 0 atom stereocenters. The lowest BCUT2D eigenvalue weighted by Gasteiger charge is -2.09. The molecule has 0 radical (unpaired) electrons. The van der Waals surface area contributed by atoms with Crippen molar-refractivity contribution >= 4 is 81.3 Å². The quantitative estimate of drug-likeness (QED) is 0.114. The zero-order valence-electron chi connectivity index (χ0n) is 22.1. The zero-order valence-corrected chi connectivity index (χ0v) is 25.3. The van der Waals surface area contributed by atoms with Gasteiger partial charge in [-0.1, -0.05) is 58.9 Å². The lowest BCUT2D eigenvalue weighted by Crippen LogP contribution is -2.14. The summed E-state index contributed by atoms with van der Waals surface area (Å²) in [6.07, 6.45) is 0.502. The van der Waals surface area contributed by atoms with Crippen LogP contribution in [0.15, 0.2) is 105 Å². The molecule has 4 rings (SSSR count). The average Bonchev–Trinajstić information content (AvgIpc) is 2.95. The number of nitro groups is 2. The van der Waals surface area contributed by atoms with E-state index in [-0.39, 0.29) is 46.1 Å².